The van der Waals surface area contributed by atoms with Crippen molar-refractivity contribution in [3.05, 3.63) is 0 Å². The first-order chi connectivity index (χ1) is 6.91. The number of nitrogens with zero attached hydrogens (tertiary/aromatic N) is 1. The van der Waals surface area contributed by atoms with Crippen molar-refractivity contribution >= 4 is 0 Å². The summed E-state index contributed by atoms with van der Waals surface area (Å²) in [4.78, 5) is 0. The van der Waals surface area contributed by atoms with Crippen LogP contribution in [-0.4, -0.2) is 40.0 Å². The number of unbranched alkanes of at least 4 members (excludes halogenated alkanes) is 1. The van der Waals surface area contributed by atoms with E-state index in [1.165, 1.54) is 0 Å². The highest BCUT2D eigenvalue weighted by atomic mass is 16.5. The maximum Gasteiger partial charge on any atom is 0.0700 e. The molecule has 0 aliphatic rings. The second kappa shape index (κ2) is 12.4. The minimum absolute atomic E-state index is 0.588. The molecule has 0 aliphatic heterocycles. The van der Waals surface area contributed by atoms with Gasteiger partial charge in [-0.1, -0.05) is 0 Å². The van der Waals surface area contributed by atoms with Gasteiger partial charge in [0.2, 0.25) is 0 Å². The van der Waals surface area contributed by atoms with E-state index in [2.05, 4.69) is 11.4 Å². The normalized spacial score (nSPS) is 10.0. The van der Waals surface area contributed by atoms with Crippen LogP contribution in [-0.2, 0) is 9.47 Å². The first-order valence-electron chi connectivity index (χ1n) is 5.06. The Kier molecular flexibility index (Phi) is 11.8. The topological polar surface area (TPSA) is 54.3 Å². The van der Waals surface area contributed by atoms with Crippen LogP contribution >= 0.6 is 0 Å². The molecule has 0 amide bonds. The van der Waals surface area contributed by atoms with Gasteiger partial charge in [-0.05, 0) is 19.4 Å². The van der Waals surface area contributed by atoms with Gasteiger partial charge in [0.25, 0.3) is 0 Å². The number of methoxy groups -OCH3 is 1. The zero-order valence-corrected chi connectivity index (χ0v) is 8.92. The number of hydrogen-bond donors (Lipinski definition) is 1. The lowest BCUT2D eigenvalue weighted by Gasteiger charge is -2.03. The summed E-state index contributed by atoms with van der Waals surface area (Å²) in [6.07, 6.45) is 2.74. The lowest BCUT2D eigenvalue weighted by atomic mass is 10.3. The summed E-state index contributed by atoms with van der Waals surface area (Å²) in [5, 5.41) is 11.5. The van der Waals surface area contributed by atoms with E-state index >= 15 is 0 Å². The fourth-order valence-electron chi connectivity index (χ4n) is 0.968. The van der Waals surface area contributed by atoms with Crippen LogP contribution in [0.4, 0.5) is 0 Å². The molecule has 0 heterocycles. The standard InChI is InChI=1S/C10H20N2O2/c1-13-9-10-14-8-3-2-6-12-7-4-5-11/h12H,2-4,6-10H2,1H3. The molecule has 14 heavy (non-hydrogen) atoms. The predicted octanol–water partition coefficient (Wildman–Crippen LogP) is 0.933. The van der Waals surface area contributed by atoms with Crippen molar-refractivity contribution < 1.29 is 9.47 Å². The summed E-state index contributed by atoms with van der Waals surface area (Å²) in [6.45, 7) is 3.90. The molecule has 4 nitrogen and oxygen atoms in total. The number of ether oxygens (including phenoxy) is 2. The van der Waals surface area contributed by atoms with E-state index in [0.717, 1.165) is 32.5 Å². The first-order valence-corrected chi connectivity index (χ1v) is 5.06. The molecule has 0 aromatic rings. The van der Waals surface area contributed by atoms with E-state index in [4.69, 9.17) is 14.7 Å². The van der Waals surface area contributed by atoms with Gasteiger partial charge < -0.3 is 14.8 Å². The van der Waals surface area contributed by atoms with Crippen LogP contribution in [0.5, 0.6) is 0 Å². The Morgan fingerprint density at radius 1 is 1.14 bits per heavy atom. The number of nitriles is 1. The molecule has 0 rings (SSSR count). The van der Waals surface area contributed by atoms with Crippen molar-refractivity contribution in [3.8, 4) is 6.07 Å². The van der Waals surface area contributed by atoms with Crippen molar-refractivity contribution in [3.63, 3.8) is 0 Å². The van der Waals surface area contributed by atoms with Crippen molar-refractivity contribution in [1.82, 2.24) is 5.32 Å². The third kappa shape index (κ3) is 11.4. The average Bonchev–Trinajstić information content (AvgIpc) is 2.21. The Morgan fingerprint density at radius 3 is 2.71 bits per heavy atom. The monoisotopic (exact) mass is 200 g/mol. The number of hydrogen-bond acceptors (Lipinski definition) is 4. The fourth-order valence-corrected chi connectivity index (χ4v) is 0.968. The Bertz CT molecular complexity index is 146. The summed E-state index contributed by atoms with van der Waals surface area (Å²) in [6, 6.07) is 2.09. The van der Waals surface area contributed by atoms with Crippen molar-refractivity contribution in [1.29, 1.82) is 5.26 Å². The fraction of sp³-hybridized carbons (Fsp3) is 0.900. The average molecular weight is 200 g/mol. The second-order valence-corrected chi connectivity index (χ2v) is 2.97. The summed E-state index contributed by atoms with van der Waals surface area (Å²) in [7, 11) is 1.67. The second-order valence-electron chi connectivity index (χ2n) is 2.97. The van der Waals surface area contributed by atoms with Crippen LogP contribution in [0, 0.1) is 11.3 Å². The molecule has 0 fully saturated rings. The maximum atomic E-state index is 8.27. The molecule has 0 atom stereocenters. The van der Waals surface area contributed by atoms with Gasteiger partial charge in [0.05, 0.1) is 19.3 Å². The molecule has 0 aromatic carbocycles. The Labute approximate surface area is 86.2 Å². The molecule has 0 unspecified atom stereocenters. The van der Waals surface area contributed by atoms with Gasteiger partial charge in [-0.25, -0.2) is 0 Å². The Balaban J connectivity index is 2.82. The lowest BCUT2D eigenvalue weighted by Crippen LogP contribution is -2.16. The number of nitrogens with one attached hydrogen (secondary N) is 1. The van der Waals surface area contributed by atoms with Gasteiger partial charge in [-0.3, -0.25) is 0 Å². The summed E-state index contributed by atoms with van der Waals surface area (Å²) < 4.78 is 10.1. The summed E-state index contributed by atoms with van der Waals surface area (Å²) >= 11 is 0. The van der Waals surface area contributed by atoms with E-state index in [1.807, 2.05) is 0 Å². The van der Waals surface area contributed by atoms with E-state index in [0.29, 0.717) is 19.6 Å². The van der Waals surface area contributed by atoms with E-state index in [9.17, 15) is 0 Å². The molecule has 4 heteroatoms. The van der Waals surface area contributed by atoms with Gasteiger partial charge in [-0.15, -0.1) is 0 Å². The van der Waals surface area contributed by atoms with E-state index in [-0.39, 0.29) is 0 Å². The Morgan fingerprint density at radius 2 is 2.00 bits per heavy atom. The van der Waals surface area contributed by atoms with Gasteiger partial charge in [0.15, 0.2) is 0 Å². The first kappa shape index (κ1) is 13.4. The largest absolute Gasteiger partial charge is 0.382 e. The molecule has 1 N–H and O–H groups in total. The maximum absolute atomic E-state index is 8.27. The minimum Gasteiger partial charge on any atom is -0.382 e. The van der Waals surface area contributed by atoms with Crippen LogP contribution in [0.3, 0.4) is 0 Å². The lowest BCUT2D eigenvalue weighted by molar-refractivity contribution is 0.0688. The van der Waals surface area contributed by atoms with Crippen molar-refractivity contribution in [2.75, 3.05) is 40.0 Å². The molecule has 82 valence electrons. The number of rotatable bonds is 10. The van der Waals surface area contributed by atoms with Gasteiger partial charge in [-0.2, -0.15) is 5.26 Å². The summed E-state index contributed by atoms with van der Waals surface area (Å²) in [5.41, 5.74) is 0. The van der Waals surface area contributed by atoms with E-state index in [1.54, 1.807) is 7.11 Å². The zero-order chi connectivity index (χ0) is 10.5. The molecular formula is C10H20N2O2. The molecule has 0 saturated heterocycles. The SMILES string of the molecule is COCCOCCCCNCCC#N. The quantitative estimate of drug-likeness (QED) is 0.533. The van der Waals surface area contributed by atoms with Gasteiger partial charge >= 0.3 is 0 Å². The highest BCUT2D eigenvalue weighted by Crippen LogP contribution is 1.88. The van der Waals surface area contributed by atoms with Crippen LogP contribution in [0.15, 0.2) is 0 Å². The highest BCUT2D eigenvalue weighted by Gasteiger charge is 1.90. The van der Waals surface area contributed by atoms with Crippen LogP contribution in [0.2, 0.25) is 0 Å². The summed E-state index contributed by atoms with van der Waals surface area (Å²) in [5.74, 6) is 0. The smallest absolute Gasteiger partial charge is 0.0700 e. The third-order valence-electron chi connectivity index (χ3n) is 1.74. The predicted molar refractivity (Wildman–Crippen MR) is 55.0 cm³/mol. The molecule has 0 saturated carbocycles. The highest BCUT2D eigenvalue weighted by molar-refractivity contribution is 4.69. The van der Waals surface area contributed by atoms with E-state index < -0.39 is 0 Å². The van der Waals surface area contributed by atoms with Gasteiger partial charge in [0.1, 0.15) is 0 Å². The molecular weight excluding hydrogens is 180 g/mol. The molecule has 0 aromatic heterocycles. The van der Waals surface area contributed by atoms with Gasteiger partial charge in [0, 0.05) is 26.7 Å². The molecule has 0 spiro atoms. The third-order valence-corrected chi connectivity index (χ3v) is 1.74. The van der Waals surface area contributed by atoms with Crippen LogP contribution in [0.25, 0.3) is 0 Å². The van der Waals surface area contributed by atoms with Crippen molar-refractivity contribution in [2.24, 2.45) is 0 Å². The minimum atomic E-state index is 0.588. The van der Waals surface area contributed by atoms with Crippen molar-refractivity contribution in [2.45, 2.75) is 19.3 Å². The molecule has 0 aliphatic carbocycles. The van der Waals surface area contributed by atoms with Crippen LogP contribution in [0.1, 0.15) is 19.3 Å². The molecule has 0 radical (unpaired) electrons. The Hall–Kier alpha value is -0.630. The zero-order valence-electron chi connectivity index (χ0n) is 8.92. The molecule has 0 bridgehead atoms. The van der Waals surface area contributed by atoms with Crippen LogP contribution < -0.4 is 5.32 Å².